The number of amides is 1. The minimum absolute atomic E-state index is 0.00462. The molecule has 3 aromatic rings. The number of aromatic nitrogens is 3. The van der Waals surface area contributed by atoms with Gasteiger partial charge in [0.15, 0.2) is 11.5 Å². The SMILES string of the molecule is Cn1ncc(NC(=O)c2nc(-c3c(F)cccc3F)sc2N)c1N1CC[C@@H](CN)C1. The van der Waals surface area contributed by atoms with E-state index in [0.717, 1.165) is 48.8 Å². The van der Waals surface area contributed by atoms with Crippen LogP contribution in [-0.2, 0) is 7.05 Å². The molecule has 158 valence electrons. The molecule has 1 aromatic carbocycles. The van der Waals surface area contributed by atoms with Gasteiger partial charge in [0.05, 0.1) is 11.8 Å². The summed E-state index contributed by atoms with van der Waals surface area (Å²) in [6.45, 7) is 2.18. The van der Waals surface area contributed by atoms with E-state index in [1.165, 1.54) is 6.07 Å². The summed E-state index contributed by atoms with van der Waals surface area (Å²) in [5, 5.41) is 7.09. The highest BCUT2D eigenvalue weighted by Crippen LogP contribution is 2.35. The lowest BCUT2D eigenvalue weighted by atomic mass is 10.1. The van der Waals surface area contributed by atoms with Gasteiger partial charge < -0.3 is 21.7 Å². The average Bonchev–Trinajstić information content (AvgIpc) is 3.40. The van der Waals surface area contributed by atoms with E-state index in [9.17, 15) is 13.6 Å². The number of hydrogen-bond acceptors (Lipinski definition) is 7. The number of nitrogens with zero attached hydrogens (tertiary/aromatic N) is 4. The molecule has 8 nitrogen and oxygen atoms in total. The van der Waals surface area contributed by atoms with E-state index in [0.29, 0.717) is 18.2 Å². The molecule has 1 fully saturated rings. The largest absolute Gasteiger partial charge is 0.389 e. The van der Waals surface area contributed by atoms with Crippen molar-refractivity contribution in [3.05, 3.63) is 41.7 Å². The van der Waals surface area contributed by atoms with Crippen LogP contribution in [0.25, 0.3) is 10.6 Å². The van der Waals surface area contributed by atoms with Crippen LogP contribution in [-0.4, -0.2) is 40.3 Å². The fourth-order valence-electron chi connectivity index (χ4n) is 3.60. The molecule has 0 spiro atoms. The fourth-order valence-corrected chi connectivity index (χ4v) is 4.47. The van der Waals surface area contributed by atoms with Crippen LogP contribution in [0.3, 0.4) is 0 Å². The summed E-state index contributed by atoms with van der Waals surface area (Å²) >= 11 is 0.853. The standard InChI is InChI=1S/C19H21F2N7OS/c1-27-19(28-6-5-10(7-22)9-28)13(8-24-27)25-17(29)15-16(23)30-18(26-15)14-11(20)3-2-4-12(14)21/h2-4,8,10H,5-7,9,22-23H2,1H3,(H,25,29)/t10-/m0/s1. The quantitative estimate of drug-likeness (QED) is 0.569. The molecule has 0 aliphatic carbocycles. The predicted molar refractivity (Wildman–Crippen MR) is 112 cm³/mol. The van der Waals surface area contributed by atoms with Gasteiger partial charge in [-0.2, -0.15) is 5.10 Å². The number of anilines is 3. The number of nitrogen functional groups attached to an aromatic ring is 1. The third kappa shape index (κ3) is 3.61. The van der Waals surface area contributed by atoms with Crippen molar-refractivity contribution in [2.24, 2.45) is 18.7 Å². The summed E-state index contributed by atoms with van der Waals surface area (Å²) in [6, 6.07) is 3.51. The molecule has 0 radical (unpaired) electrons. The van der Waals surface area contributed by atoms with Crippen LogP contribution in [0.15, 0.2) is 24.4 Å². The smallest absolute Gasteiger partial charge is 0.277 e. The molecule has 1 saturated heterocycles. The first-order valence-corrected chi connectivity index (χ1v) is 10.2. The van der Waals surface area contributed by atoms with E-state index in [1.54, 1.807) is 17.9 Å². The van der Waals surface area contributed by atoms with Crippen molar-refractivity contribution in [2.75, 3.05) is 35.6 Å². The van der Waals surface area contributed by atoms with Gasteiger partial charge in [-0.15, -0.1) is 0 Å². The van der Waals surface area contributed by atoms with Gasteiger partial charge in [-0.1, -0.05) is 17.4 Å². The number of benzene rings is 1. The zero-order valence-corrected chi connectivity index (χ0v) is 17.0. The number of thiazole rings is 1. The lowest BCUT2D eigenvalue weighted by Crippen LogP contribution is -2.26. The number of hydrogen-bond donors (Lipinski definition) is 3. The summed E-state index contributed by atoms with van der Waals surface area (Å²) in [6.07, 6.45) is 2.51. The first-order chi connectivity index (χ1) is 14.4. The predicted octanol–water partition coefficient (Wildman–Crippen LogP) is 2.44. The minimum atomic E-state index is -0.770. The minimum Gasteiger partial charge on any atom is -0.389 e. The fraction of sp³-hybridized carbons (Fsp3) is 0.316. The van der Waals surface area contributed by atoms with Crippen LogP contribution in [0.1, 0.15) is 16.9 Å². The molecule has 2 aromatic heterocycles. The Balaban J connectivity index is 1.60. The summed E-state index contributed by atoms with van der Waals surface area (Å²) in [7, 11) is 1.79. The third-order valence-electron chi connectivity index (χ3n) is 5.12. The van der Waals surface area contributed by atoms with Gasteiger partial charge in [0.1, 0.15) is 27.3 Å². The van der Waals surface area contributed by atoms with Crippen molar-refractivity contribution < 1.29 is 13.6 Å². The van der Waals surface area contributed by atoms with Gasteiger partial charge in [0.25, 0.3) is 5.91 Å². The lowest BCUT2D eigenvalue weighted by molar-refractivity contribution is 0.102. The highest BCUT2D eigenvalue weighted by atomic mass is 32.1. The Morgan fingerprint density at radius 3 is 2.77 bits per heavy atom. The van der Waals surface area contributed by atoms with Crippen molar-refractivity contribution in [3.63, 3.8) is 0 Å². The van der Waals surface area contributed by atoms with Crippen LogP contribution < -0.4 is 21.7 Å². The highest BCUT2D eigenvalue weighted by Gasteiger charge is 2.28. The van der Waals surface area contributed by atoms with E-state index in [-0.39, 0.29) is 21.3 Å². The molecule has 4 rings (SSSR count). The maximum atomic E-state index is 14.1. The van der Waals surface area contributed by atoms with Gasteiger partial charge in [-0.3, -0.25) is 9.48 Å². The number of halogens is 2. The number of aryl methyl sites for hydroxylation is 1. The lowest BCUT2D eigenvalue weighted by Gasteiger charge is -2.20. The number of rotatable bonds is 5. The van der Waals surface area contributed by atoms with Gasteiger partial charge in [-0.25, -0.2) is 13.8 Å². The topological polar surface area (TPSA) is 115 Å². The zero-order chi connectivity index (χ0) is 21.4. The second-order valence-corrected chi connectivity index (χ2v) is 8.16. The summed E-state index contributed by atoms with van der Waals surface area (Å²) < 4.78 is 29.8. The first-order valence-electron chi connectivity index (χ1n) is 9.38. The van der Waals surface area contributed by atoms with Crippen LogP contribution in [0.2, 0.25) is 0 Å². The van der Waals surface area contributed by atoms with Gasteiger partial charge in [0.2, 0.25) is 0 Å². The highest BCUT2D eigenvalue weighted by molar-refractivity contribution is 7.19. The second-order valence-electron chi connectivity index (χ2n) is 7.12. The molecule has 1 aliphatic heterocycles. The third-order valence-corrected chi connectivity index (χ3v) is 6.02. The normalized spacial score (nSPS) is 16.3. The summed E-state index contributed by atoms with van der Waals surface area (Å²) in [5.41, 5.74) is 11.8. The van der Waals surface area contributed by atoms with Crippen LogP contribution in [0, 0.1) is 17.6 Å². The maximum absolute atomic E-state index is 14.1. The molecule has 0 unspecified atom stereocenters. The molecule has 1 atom stereocenters. The molecule has 1 aliphatic rings. The maximum Gasteiger partial charge on any atom is 0.277 e. The van der Waals surface area contributed by atoms with E-state index < -0.39 is 17.5 Å². The molecule has 30 heavy (non-hydrogen) atoms. The Morgan fingerprint density at radius 1 is 1.37 bits per heavy atom. The zero-order valence-electron chi connectivity index (χ0n) is 16.2. The van der Waals surface area contributed by atoms with Crippen molar-refractivity contribution >= 4 is 33.8 Å². The Bertz CT molecular complexity index is 1080. The molecule has 3 heterocycles. The van der Waals surface area contributed by atoms with Crippen molar-refractivity contribution in [1.82, 2.24) is 14.8 Å². The number of carbonyl (C=O) groups is 1. The van der Waals surface area contributed by atoms with Gasteiger partial charge >= 0.3 is 0 Å². The Kier molecular flexibility index (Phi) is 5.39. The van der Waals surface area contributed by atoms with Crippen LogP contribution in [0.4, 0.5) is 25.3 Å². The first kappa shape index (κ1) is 20.2. The monoisotopic (exact) mass is 433 g/mol. The molecule has 1 amide bonds. The average molecular weight is 433 g/mol. The number of carbonyl (C=O) groups excluding carboxylic acids is 1. The molecule has 0 saturated carbocycles. The van der Waals surface area contributed by atoms with E-state index in [1.807, 2.05) is 0 Å². The molecule has 5 N–H and O–H groups in total. The molecular formula is C19H21F2N7OS. The van der Waals surface area contributed by atoms with E-state index in [2.05, 4.69) is 20.3 Å². The number of nitrogens with two attached hydrogens (primary N) is 2. The number of nitrogens with one attached hydrogen (secondary N) is 1. The molecular weight excluding hydrogens is 412 g/mol. The summed E-state index contributed by atoms with van der Waals surface area (Å²) in [5.74, 6) is -0.970. The van der Waals surface area contributed by atoms with Crippen LogP contribution in [0.5, 0.6) is 0 Å². The van der Waals surface area contributed by atoms with Gasteiger partial charge in [0, 0.05) is 20.1 Å². The molecule has 11 heteroatoms. The van der Waals surface area contributed by atoms with Crippen molar-refractivity contribution in [2.45, 2.75) is 6.42 Å². The Morgan fingerprint density at radius 2 is 2.10 bits per heavy atom. The van der Waals surface area contributed by atoms with Gasteiger partial charge in [-0.05, 0) is 31.0 Å². The summed E-state index contributed by atoms with van der Waals surface area (Å²) in [4.78, 5) is 19.1. The Hall–Kier alpha value is -3.05. The van der Waals surface area contributed by atoms with E-state index in [4.69, 9.17) is 11.5 Å². The van der Waals surface area contributed by atoms with E-state index >= 15 is 0 Å². The molecule has 0 bridgehead atoms. The van der Waals surface area contributed by atoms with Crippen molar-refractivity contribution in [3.8, 4) is 10.6 Å². The Labute approximate surface area is 175 Å². The second kappa shape index (κ2) is 8.00. The van der Waals surface area contributed by atoms with Crippen molar-refractivity contribution in [1.29, 1.82) is 0 Å². The van der Waals surface area contributed by atoms with Crippen LogP contribution >= 0.6 is 11.3 Å².